The molecule has 3 unspecified atom stereocenters. The fraction of sp³-hybridized carbons (Fsp3) is 0.500. The number of ketones is 1. The molecule has 13 heteroatoms. The third kappa shape index (κ3) is 3.42. The van der Waals surface area contributed by atoms with E-state index in [0.717, 1.165) is 11.1 Å². The normalized spacial score (nSPS) is 32.4. The first kappa shape index (κ1) is 28.5. The van der Waals surface area contributed by atoms with Gasteiger partial charge in [0, 0.05) is 53.7 Å². The fourth-order valence-electron chi connectivity index (χ4n) is 9.02. The fourth-order valence-corrected chi connectivity index (χ4v) is 10.3. The monoisotopic (exact) mass is 633 g/mol. The zero-order chi connectivity index (χ0) is 31.7. The number of cyclic esters (lactones) is 1. The molecule has 2 aromatic rings. The third-order valence-electron chi connectivity index (χ3n) is 10.5. The highest BCUT2D eigenvalue weighted by molar-refractivity contribution is 8.00. The number of ether oxygens (including phenoxy) is 5. The van der Waals surface area contributed by atoms with Gasteiger partial charge < -0.3 is 28.8 Å². The summed E-state index contributed by atoms with van der Waals surface area (Å²) in [6.07, 6.45) is 0.417. The number of aryl methyl sites for hydroxylation is 1. The van der Waals surface area contributed by atoms with E-state index >= 15 is 0 Å². The first-order valence-electron chi connectivity index (χ1n) is 14.8. The van der Waals surface area contributed by atoms with E-state index in [-0.39, 0.29) is 24.9 Å². The SMILES string of the molecule is COc1c(C)cc2c(c1O)[C@@H]1C3[C@@H]4SCC(=O)C(=O)OC[C@@H](c5c6c(c(C)c(OC(C)=O)c54)OCO6)N3C3(C#N)CN1C2(C)C3. The number of phenols is 1. The average Bonchev–Trinajstić information content (AvgIpc) is 3.65. The summed E-state index contributed by atoms with van der Waals surface area (Å²) in [5.74, 6) is -0.775. The lowest BCUT2D eigenvalue weighted by molar-refractivity contribution is -0.156. The maximum absolute atomic E-state index is 13.0. The predicted molar refractivity (Wildman–Crippen MR) is 157 cm³/mol. The molecule has 8 rings (SSSR count). The van der Waals surface area contributed by atoms with Crippen molar-refractivity contribution in [3.05, 3.63) is 39.4 Å². The van der Waals surface area contributed by atoms with Crippen molar-refractivity contribution in [3.8, 4) is 34.8 Å². The second-order valence-electron chi connectivity index (χ2n) is 12.8. The Morgan fingerprint density at radius 2 is 1.91 bits per heavy atom. The van der Waals surface area contributed by atoms with E-state index in [2.05, 4.69) is 22.8 Å². The lowest BCUT2D eigenvalue weighted by Crippen LogP contribution is -2.66. The Balaban J connectivity index is 1.48. The van der Waals surface area contributed by atoms with Crippen LogP contribution in [0.1, 0.15) is 71.0 Å². The van der Waals surface area contributed by atoms with Gasteiger partial charge in [0.15, 0.2) is 23.0 Å². The molecular weight excluding hydrogens is 602 g/mol. The van der Waals surface area contributed by atoms with Gasteiger partial charge in [-0.25, -0.2) is 4.79 Å². The van der Waals surface area contributed by atoms with Crippen molar-refractivity contribution in [2.75, 3.05) is 32.8 Å². The first-order valence-corrected chi connectivity index (χ1v) is 15.9. The Morgan fingerprint density at radius 3 is 2.62 bits per heavy atom. The van der Waals surface area contributed by atoms with Crippen molar-refractivity contribution in [1.29, 1.82) is 5.26 Å². The van der Waals surface area contributed by atoms with Crippen LogP contribution in [0.5, 0.6) is 28.7 Å². The molecular formula is C32H31N3O9S. The summed E-state index contributed by atoms with van der Waals surface area (Å²) in [5.41, 5.74) is 2.60. The second kappa shape index (κ2) is 9.28. The van der Waals surface area contributed by atoms with Gasteiger partial charge in [-0.2, -0.15) is 5.26 Å². The highest BCUT2D eigenvalue weighted by atomic mass is 32.2. The Hall–Kier alpha value is -3.99. The van der Waals surface area contributed by atoms with Crippen LogP contribution >= 0.6 is 11.8 Å². The summed E-state index contributed by atoms with van der Waals surface area (Å²) in [6.45, 7) is 7.17. The zero-order valence-electron chi connectivity index (χ0n) is 25.4. The van der Waals surface area contributed by atoms with E-state index in [1.54, 1.807) is 6.92 Å². The van der Waals surface area contributed by atoms with E-state index in [0.29, 0.717) is 58.2 Å². The number of methoxy groups -OCH3 is 1. The highest BCUT2D eigenvalue weighted by Gasteiger charge is 2.72. The molecule has 0 aromatic heterocycles. The predicted octanol–water partition coefficient (Wildman–Crippen LogP) is 3.25. The Kier molecular flexibility index (Phi) is 5.87. The first-order chi connectivity index (χ1) is 21.5. The summed E-state index contributed by atoms with van der Waals surface area (Å²) < 4.78 is 29.2. The summed E-state index contributed by atoms with van der Waals surface area (Å²) in [4.78, 5) is 42.8. The minimum atomic E-state index is -1.04. The number of carbonyl (C=O) groups excluding carboxylic acids is 3. The molecule has 6 heterocycles. The third-order valence-corrected chi connectivity index (χ3v) is 11.8. The van der Waals surface area contributed by atoms with Gasteiger partial charge in [0.2, 0.25) is 12.6 Å². The number of Topliss-reactive ketones (excluding diaryl/α,β-unsaturated/α-hetero) is 1. The standard InChI is InChI=1S/C32H31N3O9S/c1-13-6-16-19(24(38)25(13)40-5)22-23-29-21-20(28-27(42-12-43-28)14(2)26(21)44-15(3)36)17(7-41-30(39)18(37)8-45-29)35(23)32(10-33)9-31(16,4)34(22)11-32/h6,17,22-23,29,38H,7-9,11-12H2,1-5H3/t17-,22+,23?,29+,31?,32?/m0/s1. The molecule has 0 amide bonds. The number of esters is 2. The number of benzene rings is 2. The van der Waals surface area contributed by atoms with Crippen LogP contribution in [-0.2, 0) is 24.7 Å². The average molecular weight is 634 g/mol. The van der Waals surface area contributed by atoms with Crippen molar-refractivity contribution in [2.45, 2.75) is 68.6 Å². The summed E-state index contributed by atoms with van der Waals surface area (Å²) in [6, 6.07) is 2.98. The minimum Gasteiger partial charge on any atom is -0.504 e. The van der Waals surface area contributed by atoms with Gasteiger partial charge in [0.25, 0.3) is 0 Å². The second-order valence-corrected chi connectivity index (χ2v) is 13.9. The number of thioether (sulfide) groups is 1. The van der Waals surface area contributed by atoms with Crippen molar-refractivity contribution >= 4 is 29.5 Å². The van der Waals surface area contributed by atoms with Gasteiger partial charge in [-0.3, -0.25) is 19.4 Å². The number of nitriles is 1. The molecule has 2 aromatic carbocycles. The van der Waals surface area contributed by atoms with E-state index in [1.165, 1.54) is 25.8 Å². The number of aromatic hydroxyl groups is 1. The molecule has 6 atom stereocenters. The summed E-state index contributed by atoms with van der Waals surface area (Å²) >= 11 is 1.24. The number of fused-ring (bicyclic) bond motifs is 9. The number of rotatable bonds is 2. The highest BCUT2D eigenvalue weighted by Crippen LogP contribution is 2.71. The Bertz CT molecular complexity index is 1810. The van der Waals surface area contributed by atoms with Crippen LogP contribution in [0, 0.1) is 25.2 Å². The Labute approximate surface area is 263 Å². The van der Waals surface area contributed by atoms with Gasteiger partial charge in [0.05, 0.1) is 36.3 Å². The molecule has 0 aliphatic carbocycles. The molecule has 6 aliphatic heterocycles. The van der Waals surface area contributed by atoms with E-state index in [4.69, 9.17) is 23.7 Å². The van der Waals surface area contributed by atoms with Crippen LogP contribution in [0.4, 0.5) is 0 Å². The lowest BCUT2D eigenvalue weighted by atomic mass is 9.72. The molecule has 12 nitrogen and oxygen atoms in total. The van der Waals surface area contributed by atoms with Crippen molar-refractivity contribution in [2.24, 2.45) is 0 Å². The summed E-state index contributed by atoms with van der Waals surface area (Å²) in [5, 5.41) is 22.3. The number of piperazine rings is 1. The molecule has 234 valence electrons. The lowest BCUT2D eigenvalue weighted by Gasteiger charge is -2.58. The number of hydrogen-bond donors (Lipinski definition) is 1. The molecule has 3 fully saturated rings. The summed E-state index contributed by atoms with van der Waals surface area (Å²) in [7, 11) is 1.52. The van der Waals surface area contributed by atoms with Crippen LogP contribution in [0.2, 0.25) is 0 Å². The van der Waals surface area contributed by atoms with Gasteiger partial charge in [-0.1, -0.05) is 0 Å². The quantitative estimate of drug-likeness (QED) is 0.293. The number of carbonyl (C=O) groups is 3. The van der Waals surface area contributed by atoms with Crippen LogP contribution in [0.15, 0.2) is 6.07 Å². The maximum Gasteiger partial charge on any atom is 0.375 e. The van der Waals surface area contributed by atoms with Crippen LogP contribution in [-0.4, -0.2) is 77.0 Å². The molecule has 45 heavy (non-hydrogen) atoms. The number of hydrogen-bond acceptors (Lipinski definition) is 13. The van der Waals surface area contributed by atoms with Gasteiger partial charge >= 0.3 is 11.9 Å². The number of phenolic OH excluding ortho intramolecular Hbond substituents is 1. The smallest absolute Gasteiger partial charge is 0.375 e. The largest absolute Gasteiger partial charge is 0.504 e. The van der Waals surface area contributed by atoms with Crippen LogP contribution in [0.25, 0.3) is 0 Å². The molecule has 6 aliphatic rings. The van der Waals surface area contributed by atoms with E-state index < -0.39 is 52.2 Å². The Morgan fingerprint density at radius 1 is 1.16 bits per heavy atom. The van der Waals surface area contributed by atoms with Gasteiger partial charge in [-0.05, 0) is 38.0 Å². The van der Waals surface area contributed by atoms with E-state index in [9.17, 15) is 24.8 Å². The number of nitrogens with zero attached hydrogens (tertiary/aromatic N) is 3. The van der Waals surface area contributed by atoms with E-state index in [1.807, 2.05) is 13.0 Å². The van der Waals surface area contributed by atoms with Gasteiger partial charge in [0.1, 0.15) is 17.9 Å². The van der Waals surface area contributed by atoms with Crippen molar-refractivity contribution in [1.82, 2.24) is 9.80 Å². The van der Waals surface area contributed by atoms with Gasteiger partial charge in [-0.15, -0.1) is 11.8 Å². The molecule has 1 N–H and O–H groups in total. The molecule has 0 saturated carbocycles. The molecule has 0 radical (unpaired) electrons. The molecule has 3 saturated heterocycles. The van der Waals surface area contributed by atoms with Crippen molar-refractivity contribution < 1.29 is 43.2 Å². The zero-order valence-corrected chi connectivity index (χ0v) is 26.2. The minimum absolute atomic E-state index is 0.0419. The maximum atomic E-state index is 13.0. The van der Waals surface area contributed by atoms with Crippen LogP contribution < -0.4 is 18.9 Å². The van der Waals surface area contributed by atoms with Crippen LogP contribution in [0.3, 0.4) is 0 Å². The topological polar surface area (TPSA) is 148 Å². The molecule has 4 bridgehead atoms. The molecule has 0 spiro atoms. The van der Waals surface area contributed by atoms with Crippen molar-refractivity contribution in [3.63, 3.8) is 0 Å².